The summed E-state index contributed by atoms with van der Waals surface area (Å²) in [5.41, 5.74) is 2.58. The maximum Gasteiger partial charge on any atom is 0.237 e. The van der Waals surface area contributed by atoms with Gasteiger partial charge in [0.2, 0.25) is 11.8 Å². The molecule has 2 aromatic carbocycles. The van der Waals surface area contributed by atoms with Crippen molar-refractivity contribution in [2.75, 3.05) is 23.9 Å². The lowest BCUT2D eigenvalue weighted by molar-refractivity contribution is -0.117. The molecule has 6 heteroatoms. The molecular weight excluding hydrogens is 360 g/mol. The van der Waals surface area contributed by atoms with Crippen LogP contribution in [-0.2, 0) is 15.3 Å². The summed E-state index contributed by atoms with van der Waals surface area (Å²) in [5.74, 6) is 1.45. The molecule has 1 saturated heterocycles. The van der Waals surface area contributed by atoms with Gasteiger partial charge >= 0.3 is 0 Å². The van der Waals surface area contributed by atoms with E-state index < -0.39 is 0 Å². The van der Waals surface area contributed by atoms with E-state index in [-0.39, 0.29) is 17.1 Å². The van der Waals surface area contributed by atoms with E-state index in [4.69, 9.17) is 4.74 Å². The molecule has 0 radical (unpaired) electrons. The molecule has 1 atom stereocenters. The van der Waals surface area contributed by atoms with E-state index in [2.05, 4.69) is 17.4 Å². The van der Waals surface area contributed by atoms with Crippen LogP contribution in [0.4, 0.5) is 11.4 Å². The standard InChI is InChI=1S/C21H24N2O3S/c1-15(27-14-16-7-4-3-5-8-16)21(25)22-17-10-11-19(26-2)18(13-17)23-12-6-9-20(23)24/h3-5,7-8,10-11,13,15H,6,9,12,14H2,1-2H3,(H,22,25). The number of thioether (sulfide) groups is 1. The van der Waals surface area contributed by atoms with Crippen LogP contribution in [0.15, 0.2) is 48.5 Å². The van der Waals surface area contributed by atoms with Gasteiger partial charge in [0.25, 0.3) is 0 Å². The highest BCUT2D eigenvalue weighted by atomic mass is 32.2. The fourth-order valence-corrected chi connectivity index (χ4v) is 3.84. The fraction of sp³-hybridized carbons (Fsp3) is 0.333. The number of rotatable bonds is 7. The van der Waals surface area contributed by atoms with Gasteiger partial charge < -0.3 is 15.0 Å². The lowest BCUT2D eigenvalue weighted by atomic mass is 10.2. The lowest BCUT2D eigenvalue weighted by Crippen LogP contribution is -2.25. The molecule has 2 amide bonds. The molecule has 1 unspecified atom stereocenters. The molecule has 1 heterocycles. The van der Waals surface area contributed by atoms with E-state index >= 15 is 0 Å². The number of nitrogens with one attached hydrogen (secondary N) is 1. The minimum absolute atomic E-state index is 0.0557. The van der Waals surface area contributed by atoms with Gasteiger partial charge in [-0.25, -0.2) is 0 Å². The number of ether oxygens (including phenoxy) is 1. The van der Waals surface area contributed by atoms with Gasteiger partial charge in [0, 0.05) is 24.4 Å². The van der Waals surface area contributed by atoms with Gasteiger partial charge in [-0.3, -0.25) is 9.59 Å². The summed E-state index contributed by atoms with van der Waals surface area (Å²) in [6, 6.07) is 15.5. The molecule has 5 nitrogen and oxygen atoms in total. The Balaban J connectivity index is 1.65. The Hall–Kier alpha value is -2.47. The molecule has 27 heavy (non-hydrogen) atoms. The average Bonchev–Trinajstić information content (AvgIpc) is 3.12. The third-order valence-electron chi connectivity index (χ3n) is 4.52. The smallest absolute Gasteiger partial charge is 0.237 e. The molecule has 2 aromatic rings. The minimum Gasteiger partial charge on any atom is -0.495 e. The van der Waals surface area contributed by atoms with E-state index in [0.717, 1.165) is 12.2 Å². The summed E-state index contributed by atoms with van der Waals surface area (Å²) < 4.78 is 5.39. The second-order valence-electron chi connectivity index (χ2n) is 6.46. The van der Waals surface area contributed by atoms with Crippen molar-refractivity contribution >= 4 is 35.0 Å². The van der Waals surface area contributed by atoms with Crippen molar-refractivity contribution in [1.29, 1.82) is 0 Å². The first-order valence-electron chi connectivity index (χ1n) is 9.03. The third-order valence-corrected chi connectivity index (χ3v) is 5.74. The quantitative estimate of drug-likeness (QED) is 0.781. The van der Waals surface area contributed by atoms with E-state index in [0.29, 0.717) is 30.1 Å². The second-order valence-corrected chi connectivity index (χ2v) is 7.79. The lowest BCUT2D eigenvalue weighted by Gasteiger charge is -2.20. The van der Waals surface area contributed by atoms with Crippen LogP contribution >= 0.6 is 11.8 Å². The normalized spacial score (nSPS) is 14.9. The Bertz CT molecular complexity index is 810. The molecule has 0 aromatic heterocycles. The first-order valence-corrected chi connectivity index (χ1v) is 10.1. The SMILES string of the molecule is COc1ccc(NC(=O)C(C)SCc2ccccc2)cc1N1CCCC1=O. The number of benzene rings is 2. The Morgan fingerprint density at radius 2 is 2.04 bits per heavy atom. The molecule has 0 saturated carbocycles. The first kappa shape index (κ1) is 19.3. The molecule has 0 bridgehead atoms. The Morgan fingerprint density at radius 1 is 1.26 bits per heavy atom. The number of amides is 2. The maximum absolute atomic E-state index is 12.5. The summed E-state index contributed by atoms with van der Waals surface area (Å²) in [4.78, 5) is 26.3. The van der Waals surface area contributed by atoms with Crippen LogP contribution in [0.3, 0.4) is 0 Å². The Morgan fingerprint density at radius 3 is 2.70 bits per heavy atom. The topological polar surface area (TPSA) is 58.6 Å². The van der Waals surface area contributed by atoms with Gasteiger partial charge in [-0.15, -0.1) is 11.8 Å². The average molecular weight is 385 g/mol. The third kappa shape index (κ3) is 4.83. The van der Waals surface area contributed by atoms with Crippen LogP contribution in [-0.4, -0.2) is 30.7 Å². The number of carbonyl (C=O) groups excluding carboxylic acids is 2. The molecule has 1 N–H and O–H groups in total. The minimum atomic E-state index is -0.191. The summed E-state index contributed by atoms with van der Waals surface area (Å²) in [7, 11) is 1.58. The summed E-state index contributed by atoms with van der Waals surface area (Å²) >= 11 is 1.59. The predicted molar refractivity (Wildman–Crippen MR) is 110 cm³/mol. The second kappa shape index (κ2) is 8.95. The van der Waals surface area contributed by atoms with Crippen molar-refractivity contribution in [2.24, 2.45) is 0 Å². The Kier molecular flexibility index (Phi) is 6.40. The number of methoxy groups -OCH3 is 1. The molecule has 0 aliphatic carbocycles. The van der Waals surface area contributed by atoms with Crippen molar-refractivity contribution in [3.8, 4) is 5.75 Å². The number of carbonyl (C=O) groups is 2. The maximum atomic E-state index is 12.5. The zero-order valence-electron chi connectivity index (χ0n) is 15.6. The van der Waals surface area contributed by atoms with Crippen LogP contribution in [0.2, 0.25) is 0 Å². The molecule has 0 spiro atoms. The van der Waals surface area contributed by atoms with E-state index in [1.165, 1.54) is 5.56 Å². The number of nitrogens with zero attached hydrogens (tertiary/aromatic N) is 1. The fourth-order valence-electron chi connectivity index (χ4n) is 3.00. The first-order chi connectivity index (χ1) is 13.1. The molecule has 1 fully saturated rings. The van der Waals surface area contributed by atoms with Gasteiger partial charge in [0.1, 0.15) is 5.75 Å². The summed E-state index contributed by atoms with van der Waals surface area (Å²) in [5, 5.41) is 2.76. The zero-order valence-corrected chi connectivity index (χ0v) is 16.4. The monoisotopic (exact) mass is 384 g/mol. The zero-order chi connectivity index (χ0) is 19.2. The van der Waals surface area contributed by atoms with E-state index in [1.54, 1.807) is 35.9 Å². The van der Waals surface area contributed by atoms with Crippen LogP contribution in [0.1, 0.15) is 25.3 Å². The Labute approximate surface area is 164 Å². The van der Waals surface area contributed by atoms with Gasteiger partial charge in [-0.05, 0) is 37.1 Å². The van der Waals surface area contributed by atoms with Crippen LogP contribution in [0.25, 0.3) is 0 Å². The van der Waals surface area contributed by atoms with E-state index in [1.807, 2.05) is 31.2 Å². The molecule has 1 aliphatic rings. The summed E-state index contributed by atoms with van der Waals surface area (Å²) in [6.45, 7) is 2.58. The van der Waals surface area contributed by atoms with Crippen molar-refractivity contribution < 1.29 is 14.3 Å². The van der Waals surface area contributed by atoms with Gasteiger partial charge in [0.15, 0.2) is 0 Å². The largest absolute Gasteiger partial charge is 0.495 e. The number of hydrogen-bond acceptors (Lipinski definition) is 4. The van der Waals surface area contributed by atoms with E-state index in [9.17, 15) is 9.59 Å². The highest BCUT2D eigenvalue weighted by Gasteiger charge is 2.25. The van der Waals surface area contributed by atoms with Gasteiger partial charge in [-0.1, -0.05) is 30.3 Å². The van der Waals surface area contributed by atoms with Crippen LogP contribution in [0, 0.1) is 0 Å². The van der Waals surface area contributed by atoms with Crippen LogP contribution in [0.5, 0.6) is 5.75 Å². The van der Waals surface area contributed by atoms with Gasteiger partial charge in [-0.2, -0.15) is 0 Å². The number of hydrogen-bond donors (Lipinski definition) is 1. The summed E-state index contributed by atoms with van der Waals surface area (Å²) in [6.07, 6.45) is 1.39. The molecule has 3 rings (SSSR count). The molecule has 1 aliphatic heterocycles. The predicted octanol–water partition coefficient (Wildman–Crippen LogP) is 4.08. The van der Waals surface area contributed by atoms with Gasteiger partial charge in [0.05, 0.1) is 18.0 Å². The van der Waals surface area contributed by atoms with Crippen molar-refractivity contribution in [1.82, 2.24) is 0 Å². The highest BCUT2D eigenvalue weighted by Crippen LogP contribution is 2.34. The van der Waals surface area contributed by atoms with Crippen molar-refractivity contribution in [2.45, 2.75) is 30.8 Å². The highest BCUT2D eigenvalue weighted by molar-refractivity contribution is 7.99. The van der Waals surface area contributed by atoms with Crippen LogP contribution < -0.4 is 15.0 Å². The van der Waals surface area contributed by atoms with Crippen molar-refractivity contribution in [3.05, 3.63) is 54.1 Å². The molecular formula is C21H24N2O3S. The molecule has 142 valence electrons. The van der Waals surface area contributed by atoms with Crippen molar-refractivity contribution in [3.63, 3.8) is 0 Å². The number of anilines is 2.